The zero-order valence-corrected chi connectivity index (χ0v) is 9.85. The normalized spacial score (nSPS) is 18.8. The molecule has 2 N–H and O–H groups in total. The third-order valence-corrected chi connectivity index (χ3v) is 3.04. The van der Waals surface area contributed by atoms with Gasteiger partial charge < -0.3 is 5.32 Å². The molecule has 1 fully saturated rings. The zero-order chi connectivity index (χ0) is 12.5. The zero-order valence-electron chi connectivity index (χ0n) is 8.96. The van der Waals surface area contributed by atoms with Gasteiger partial charge in [-0.15, -0.1) is 12.6 Å². The molecule has 1 heterocycles. The first-order chi connectivity index (χ1) is 7.97. The summed E-state index contributed by atoms with van der Waals surface area (Å²) in [6.45, 7) is 1.16. The Hall–Kier alpha value is -0.720. The van der Waals surface area contributed by atoms with Gasteiger partial charge in [0.05, 0.1) is 0 Å². The molecular weight excluding hydrogens is 249 g/mol. The molecule has 0 spiro atoms. The van der Waals surface area contributed by atoms with E-state index in [1.54, 1.807) is 12.1 Å². The average Bonchev–Trinajstić information content (AvgIpc) is 2.16. The molecule has 1 saturated heterocycles. The predicted molar refractivity (Wildman–Crippen MR) is 62.3 cm³/mol. The number of rotatable bonds is 3. The van der Waals surface area contributed by atoms with Crippen LogP contribution in [0.4, 0.5) is 13.2 Å². The standard InChI is InChI=1S/C11H13F3N2S/c12-11(13,14)10(16-8-5-15-6-8)7-1-3-9(17)4-2-7/h1-4,8,10,15-17H,5-6H2. The predicted octanol–water partition coefficient (Wildman–Crippen LogP) is 2.14. The molecule has 1 aliphatic rings. The van der Waals surface area contributed by atoms with Gasteiger partial charge in [-0.2, -0.15) is 13.2 Å². The minimum absolute atomic E-state index is 0.114. The number of halogens is 3. The first kappa shape index (κ1) is 12.7. The van der Waals surface area contributed by atoms with Crippen molar-refractivity contribution in [1.29, 1.82) is 0 Å². The maximum Gasteiger partial charge on any atom is 0.407 e. The summed E-state index contributed by atoms with van der Waals surface area (Å²) in [6.07, 6.45) is -4.28. The summed E-state index contributed by atoms with van der Waals surface area (Å²) in [5, 5.41) is 5.55. The van der Waals surface area contributed by atoms with Gasteiger partial charge in [-0.1, -0.05) is 12.1 Å². The fourth-order valence-corrected chi connectivity index (χ4v) is 1.84. The fraction of sp³-hybridized carbons (Fsp3) is 0.455. The summed E-state index contributed by atoms with van der Waals surface area (Å²) in [6, 6.07) is 4.33. The Morgan fingerprint density at radius 1 is 1.24 bits per heavy atom. The van der Waals surface area contributed by atoms with Gasteiger partial charge in [-0.05, 0) is 17.7 Å². The molecule has 1 aromatic rings. The van der Waals surface area contributed by atoms with Crippen molar-refractivity contribution in [3.8, 4) is 0 Å². The lowest BCUT2D eigenvalue weighted by molar-refractivity contribution is -0.160. The Morgan fingerprint density at radius 3 is 2.24 bits per heavy atom. The summed E-state index contributed by atoms with van der Waals surface area (Å²) < 4.78 is 38.8. The van der Waals surface area contributed by atoms with E-state index in [1.165, 1.54) is 12.1 Å². The van der Waals surface area contributed by atoms with Crippen LogP contribution in [0.25, 0.3) is 0 Å². The third-order valence-electron chi connectivity index (χ3n) is 2.74. The molecule has 0 aliphatic carbocycles. The van der Waals surface area contributed by atoms with E-state index in [9.17, 15) is 13.2 Å². The van der Waals surface area contributed by atoms with E-state index in [-0.39, 0.29) is 11.6 Å². The van der Waals surface area contributed by atoms with E-state index in [4.69, 9.17) is 0 Å². The number of hydrogen-bond donors (Lipinski definition) is 3. The minimum Gasteiger partial charge on any atom is -0.314 e. The lowest BCUT2D eigenvalue weighted by Crippen LogP contribution is -2.57. The van der Waals surface area contributed by atoms with E-state index in [1.807, 2.05) is 0 Å². The molecule has 0 amide bonds. The van der Waals surface area contributed by atoms with Crippen LogP contribution in [0, 0.1) is 0 Å². The SMILES string of the molecule is FC(F)(F)C(NC1CNC1)c1ccc(S)cc1. The van der Waals surface area contributed by atoms with Crippen LogP contribution in [0.1, 0.15) is 11.6 Å². The summed E-state index contributed by atoms with van der Waals surface area (Å²) in [7, 11) is 0. The number of nitrogens with one attached hydrogen (secondary N) is 2. The van der Waals surface area contributed by atoms with Crippen molar-refractivity contribution in [3.63, 3.8) is 0 Å². The van der Waals surface area contributed by atoms with E-state index >= 15 is 0 Å². The largest absolute Gasteiger partial charge is 0.407 e. The topological polar surface area (TPSA) is 24.1 Å². The highest BCUT2D eigenvalue weighted by Gasteiger charge is 2.42. The fourth-order valence-electron chi connectivity index (χ4n) is 1.69. The third kappa shape index (κ3) is 3.14. The second-order valence-electron chi connectivity index (χ2n) is 4.09. The Kier molecular flexibility index (Phi) is 3.65. The Bertz CT molecular complexity index is 373. The van der Waals surface area contributed by atoms with Crippen LogP contribution in [0.5, 0.6) is 0 Å². The van der Waals surface area contributed by atoms with E-state index in [2.05, 4.69) is 23.3 Å². The molecule has 0 aromatic heterocycles. The van der Waals surface area contributed by atoms with Gasteiger partial charge in [-0.3, -0.25) is 5.32 Å². The van der Waals surface area contributed by atoms with E-state index in [0.717, 1.165) is 0 Å². The van der Waals surface area contributed by atoms with Crippen molar-refractivity contribution in [2.75, 3.05) is 13.1 Å². The number of alkyl halides is 3. The van der Waals surface area contributed by atoms with Gasteiger partial charge in [0.25, 0.3) is 0 Å². The number of hydrogen-bond acceptors (Lipinski definition) is 3. The second kappa shape index (κ2) is 4.88. The van der Waals surface area contributed by atoms with Crippen LogP contribution in [0.3, 0.4) is 0 Å². The van der Waals surface area contributed by atoms with E-state index < -0.39 is 12.2 Å². The molecule has 0 radical (unpaired) electrons. The van der Waals surface area contributed by atoms with Gasteiger partial charge in [0.2, 0.25) is 0 Å². The lowest BCUT2D eigenvalue weighted by atomic mass is 10.0. The Labute approximate surface area is 103 Å². The smallest absolute Gasteiger partial charge is 0.314 e. The first-order valence-electron chi connectivity index (χ1n) is 5.29. The molecule has 2 rings (SSSR count). The molecule has 6 heteroatoms. The van der Waals surface area contributed by atoms with Gasteiger partial charge >= 0.3 is 6.18 Å². The van der Waals surface area contributed by atoms with Crippen molar-refractivity contribution in [2.24, 2.45) is 0 Å². The van der Waals surface area contributed by atoms with Crippen LogP contribution in [0.15, 0.2) is 29.2 Å². The Balaban J connectivity index is 2.16. The van der Waals surface area contributed by atoms with Crippen LogP contribution >= 0.6 is 12.6 Å². The van der Waals surface area contributed by atoms with Crippen LogP contribution in [-0.4, -0.2) is 25.3 Å². The minimum atomic E-state index is -4.28. The molecular formula is C11H13F3N2S. The quantitative estimate of drug-likeness (QED) is 0.727. The molecule has 94 valence electrons. The summed E-state index contributed by atoms with van der Waals surface area (Å²) in [5.41, 5.74) is 0.224. The molecule has 1 aliphatic heterocycles. The van der Waals surface area contributed by atoms with Gasteiger partial charge in [0, 0.05) is 24.0 Å². The maximum absolute atomic E-state index is 12.9. The summed E-state index contributed by atoms with van der Waals surface area (Å²) >= 11 is 4.06. The van der Waals surface area contributed by atoms with Gasteiger partial charge in [0.1, 0.15) is 6.04 Å². The summed E-state index contributed by atoms with van der Waals surface area (Å²) in [5.74, 6) is 0. The molecule has 1 atom stereocenters. The number of benzene rings is 1. The molecule has 1 unspecified atom stereocenters. The highest BCUT2D eigenvalue weighted by molar-refractivity contribution is 7.80. The van der Waals surface area contributed by atoms with E-state index in [0.29, 0.717) is 18.0 Å². The molecule has 2 nitrogen and oxygen atoms in total. The lowest BCUT2D eigenvalue weighted by Gasteiger charge is -2.33. The highest BCUT2D eigenvalue weighted by Crippen LogP contribution is 2.33. The maximum atomic E-state index is 12.9. The van der Waals surface area contributed by atoms with Crippen molar-refractivity contribution < 1.29 is 13.2 Å². The van der Waals surface area contributed by atoms with Crippen molar-refractivity contribution >= 4 is 12.6 Å². The van der Waals surface area contributed by atoms with Crippen molar-refractivity contribution in [1.82, 2.24) is 10.6 Å². The molecule has 17 heavy (non-hydrogen) atoms. The molecule has 1 aromatic carbocycles. The van der Waals surface area contributed by atoms with Crippen LogP contribution in [-0.2, 0) is 0 Å². The summed E-state index contributed by atoms with van der Waals surface area (Å²) in [4.78, 5) is 0.653. The Morgan fingerprint density at radius 2 is 1.82 bits per heavy atom. The monoisotopic (exact) mass is 262 g/mol. The second-order valence-corrected chi connectivity index (χ2v) is 4.60. The van der Waals surface area contributed by atoms with Gasteiger partial charge in [-0.25, -0.2) is 0 Å². The van der Waals surface area contributed by atoms with Gasteiger partial charge in [0.15, 0.2) is 0 Å². The average molecular weight is 262 g/mol. The number of thiol groups is 1. The van der Waals surface area contributed by atoms with Crippen molar-refractivity contribution in [3.05, 3.63) is 29.8 Å². The molecule has 0 saturated carbocycles. The van der Waals surface area contributed by atoms with Crippen molar-refractivity contribution in [2.45, 2.75) is 23.2 Å². The first-order valence-corrected chi connectivity index (χ1v) is 5.74. The molecule has 0 bridgehead atoms. The van der Waals surface area contributed by atoms with Crippen LogP contribution < -0.4 is 10.6 Å². The van der Waals surface area contributed by atoms with Crippen LogP contribution in [0.2, 0.25) is 0 Å². The highest BCUT2D eigenvalue weighted by atomic mass is 32.1.